The quantitative estimate of drug-likeness (QED) is 0.660. The van der Waals surface area contributed by atoms with Crippen LogP contribution in [0.4, 0.5) is 4.79 Å². The van der Waals surface area contributed by atoms with Gasteiger partial charge in [-0.15, -0.1) is 0 Å². The summed E-state index contributed by atoms with van der Waals surface area (Å²) in [5.41, 5.74) is 0. The van der Waals surface area contributed by atoms with Crippen LogP contribution < -0.4 is 5.32 Å². The molecular formula is C8H15NO2. The molecule has 1 unspecified atom stereocenters. The lowest BCUT2D eigenvalue weighted by Gasteiger charge is -2.24. The maximum atomic E-state index is 10.7. The molecular weight excluding hydrogens is 142 g/mol. The van der Waals surface area contributed by atoms with Crippen LogP contribution in [0.3, 0.4) is 0 Å². The predicted octanol–water partition coefficient (Wildman–Crippen LogP) is 1.53. The summed E-state index contributed by atoms with van der Waals surface area (Å²) in [6.07, 6.45) is 1.74. The van der Waals surface area contributed by atoms with Gasteiger partial charge < -0.3 is 10.1 Å². The third kappa shape index (κ3) is 2.78. The number of rotatable bonds is 2. The first kappa shape index (κ1) is 8.37. The SMILES string of the molecule is CC(C)CC1CCOC(=O)N1. The van der Waals surface area contributed by atoms with Crippen molar-refractivity contribution in [2.24, 2.45) is 5.92 Å². The highest BCUT2D eigenvalue weighted by Gasteiger charge is 2.19. The number of carbonyl (C=O) groups excluding carboxylic acids is 1. The van der Waals surface area contributed by atoms with Crippen LogP contribution in [0.15, 0.2) is 0 Å². The molecule has 3 heteroatoms. The molecule has 1 N–H and O–H groups in total. The Morgan fingerprint density at radius 1 is 1.73 bits per heavy atom. The van der Waals surface area contributed by atoms with Crippen molar-refractivity contribution in [3.05, 3.63) is 0 Å². The molecule has 1 saturated heterocycles. The van der Waals surface area contributed by atoms with Crippen LogP contribution in [0.5, 0.6) is 0 Å². The molecule has 0 aromatic heterocycles. The number of carbonyl (C=O) groups is 1. The normalized spacial score (nSPS) is 24.6. The number of hydrogen-bond donors (Lipinski definition) is 1. The predicted molar refractivity (Wildman–Crippen MR) is 42.3 cm³/mol. The fourth-order valence-electron chi connectivity index (χ4n) is 1.32. The standard InChI is InChI=1S/C8H15NO2/c1-6(2)5-7-3-4-11-8(10)9-7/h6-7H,3-5H2,1-2H3,(H,9,10). The molecule has 0 radical (unpaired) electrons. The zero-order valence-electron chi connectivity index (χ0n) is 7.09. The van der Waals surface area contributed by atoms with E-state index in [1.165, 1.54) is 0 Å². The van der Waals surface area contributed by atoms with Crippen LogP contribution >= 0.6 is 0 Å². The molecule has 1 fully saturated rings. The third-order valence-corrected chi connectivity index (χ3v) is 1.78. The molecule has 1 amide bonds. The molecule has 0 bridgehead atoms. The Morgan fingerprint density at radius 3 is 3.00 bits per heavy atom. The Balaban J connectivity index is 2.28. The van der Waals surface area contributed by atoms with Crippen molar-refractivity contribution < 1.29 is 9.53 Å². The number of alkyl carbamates (subject to hydrolysis) is 1. The second-order valence-corrected chi connectivity index (χ2v) is 3.40. The average molecular weight is 157 g/mol. The first-order valence-electron chi connectivity index (χ1n) is 4.12. The van der Waals surface area contributed by atoms with Crippen molar-refractivity contribution in [2.75, 3.05) is 6.61 Å². The van der Waals surface area contributed by atoms with Gasteiger partial charge in [-0.25, -0.2) is 4.79 Å². The van der Waals surface area contributed by atoms with E-state index >= 15 is 0 Å². The van der Waals surface area contributed by atoms with E-state index in [-0.39, 0.29) is 6.09 Å². The van der Waals surface area contributed by atoms with Crippen molar-refractivity contribution in [3.63, 3.8) is 0 Å². The van der Waals surface area contributed by atoms with Gasteiger partial charge in [0.25, 0.3) is 0 Å². The summed E-state index contributed by atoms with van der Waals surface area (Å²) in [4.78, 5) is 10.7. The molecule has 1 atom stereocenters. The maximum absolute atomic E-state index is 10.7. The summed E-state index contributed by atoms with van der Waals surface area (Å²) in [5.74, 6) is 0.637. The molecule has 0 spiro atoms. The van der Waals surface area contributed by atoms with Gasteiger partial charge in [0, 0.05) is 12.5 Å². The number of amides is 1. The highest BCUT2D eigenvalue weighted by Crippen LogP contribution is 2.10. The summed E-state index contributed by atoms with van der Waals surface area (Å²) in [7, 11) is 0. The minimum Gasteiger partial charge on any atom is -0.449 e. The van der Waals surface area contributed by atoms with Crippen molar-refractivity contribution in [3.8, 4) is 0 Å². The summed E-state index contributed by atoms with van der Waals surface area (Å²) in [5, 5.41) is 2.79. The Hall–Kier alpha value is -0.730. The molecule has 0 aliphatic carbocycles. The first-order chi connectivity index (χ1) is 5.18. The van der Waals surface area contributed by atoms with E-state index in [1.54, 1.807) is 0 Å². The fourth-order valence-corrected chi connectivity index (χ4v) is 1.32. The Morgan fingerprint density at radius 2 is 2.45 bits per heavy atom. The lowest BCUT2D eigenvalue weighted by Crippen LogP contribution is -2.41. The average Bonchev–Trinajstić information content (AvgIpc) is 1.85. The summed E-state index contributed by atoms with van der Waals surface area (Å²) < 4.78 is 4.74. The van der Waals surface area contributed by atoms with Crippen molar-refractivity contribution in [2.45, 2.75) is 32.7 Å². The van der Waals surface area contributed by atoms with Crippen molar-refractivity contribution in [1.82, 2.24) is 5.32 Å². The van der Waals surface area contributed by atoms with E-state index < -0.39 is 0 Å². The van der Waals surface area contributed by atoms with E-state index in [4.69, 9.17) is 4.74 Å². The van der Waals surface area contributed by atoms with Crippen LogP contribution in [0, 0.1) is 5.92 Å². The van der Waals surface area contributed by atoms with Crippen molar-refractivity contribution in [1.29, 1.82) is 0 Å². The van der Waals surface area contributed by atoms with Gasteiger partial charge in [0.15, 0.2) is 0 Å². The zero-order valence-corrected chi connectivity index (χ0v) is 7.09. The number of nitrogens with one attached hydrogen (secondary N) is 1. The molecule has 3 nitrogen and oxygen atoms in total. The summed E-state index contributed by atoms with van der Waals surface area (Å²) in [6, 6.07) is 0.330. The van der Waals surface area contributed by atoms with E-state index in [1.807, 2.05) is 0 Å². The molecule has 0 aromatic carbocycles. The second-order valence-electron chi connectivity index (χ2n) is 3.40. The number of cyclic esters (lactones) is 1. The Labute approximate surface area is 67.1 Å². The Bertz CT molecular complexity index is 145. The van der Waals surface area contributed by atoms with Gasteiger partial charge in [-0.2, -0.15) is 0 Å². The molecule has 1 aliphatic rings. The van der Waals surface area contributed by atoms with Gasteiger partial charge in [0.05, 0.1) is 6.61 Å². The smallest absolute Gasteiger partial charge is 0.407 e. The molecule has 64 valence electrons. The van der Waals surface area contributed by atoms with E-state index in [0.717, 1.165) is 12.8 Å². The van der Waals surface area contributed by atoms with Gasteiger partial charge in [0.1, 0.15) is 0 Å². The summed E-state index contributed by atoms with van der Waals surface area (Å²) >= 11 is 0. The summed E-state index contributed by atoms with van der Waals surface area (Å²) in [6.45, 7) is 4.88. The van der Waals surface area contributed by atoms with E-state index in [9.17, 15) is 4.79 Å². The largest absolute Gasteiger partial charge is 0.449 e. The minimum atomic E-state index is -0.262. The zero-order chi connectivity index (χ0) is 8.27. The van der Waals surface area contributed by atoms with Gasteiger partial charge in [-0.3, -0.25) is 0 Å². The first-order valence-corrected chi connectivity index (χ1v) is 4.12. The third-order valence-electron chi connectivity index (χ3n) is 1.78. The van der Waals surface area contributed by atoms with E-state index in [0.29, 0.717) is 18.6 Å². The highest BCUT2D eigenvalue weighted by molar-refractivity contribution is 5.68. The molecule has 1 heterocycles. The van der Waals surface area contributed by atoms with Crippen LogP contribution in [-0.2, 0) is 4.74 Å². The molecule has 1 aliphatic heterocycles. The van der Waals surface area contributed by atoms with Gasteiger partial charge in [-0.05, 0) is 12.3 Å². The molecule has 0 aromatic rings. The molecule has 1 rings (SSSR count). The van der Waals surface area contributed by atoms with Gasteiger partial charge in [0.2, 0.25) is 0 Å². The lowest BCUT2D eigenvalue weighted by molar-refractivity contribution is 0.111. The lowest BCUT2D eigenvalue weighted by atomic mass is 10.0. The van der Waals surface area contributed by atoms with Crippen LogP contribution in [0.25, 0.3) is 0 Å². The number of ether oxygens (including phenoxy) is 1. The number of hydrogen-bond acceptors (Lipinski definition) is 2. The maximum Gasteiger partial charge on any atom is 0.407 e. The highest BCUT2D eigenvalue weighted by atomic mass is 16.5. The topological polar surface area (TPSA) is 38.3 Å². The van der Waals surface area contributed by atoms with Crippen LogP contribution in [-0.4, -0.2) is 18.7 Å². The Kier molecular flexibility index (Phi) is 2.74. The van der Waals surface area contributed by atoms with E-state index in [2.05, 4.69) is 19.2 Å². The monoisotopic (exact) mass is 157 g/mol. The van der Waals surface area contributed by atoms with Crippen LogP contribution in [0.1, 0.15) is 26.7 Å². The second kappa shape index (κ2) is 3.60. The molecule has 11 heavy (non-hydrogen) atoms. The van der Waals surface area contributed by atoms with Crippen molar-refractivity contribution >= 4 is 6.09 Å². The fraction of sp³-hybridized carbons (Fsp3) is 0.875. The van der Waals surface area contributed by atoms with Crippen LogP contribution in [0.2, 0.25) is 0 Å². The van der Waals surface area contributed by atoms with Gasteiger partial charge >= 0.3 is 6.09 Å². The molecule has 0 saturated carbocycles. The minimum absolute atomic E-state index is 0.262. The van der Waals surface area contributed by atoms with Gasteiger partial charge in [-0.1, -0.05) is 13.8 Å².